The summed E-state index contributed by atoms with van der Waals surface area (Å²) < 4.78 is 0. The molecule has 0 radical (unpaired) electrons. The van der Waals surface area contributed by atoms with E-state index in [1.165, 1.54) is 9.88 Å². The fraction of sp³-hybridized carbons (Fsp3) is 0.500. The van der Waals surface area contributed by atoms with E-state index < -0.39 is 0 Å². The maximum absolute atomic E-state index is 5.42. The van der Waals surface area contributed by atoms with Crippen LogP contribution in [-0.2, 0) is 12.3 Å². The summed E-state index contributed by atoms with van der Waals surface area (Å²) in [6.07, 6.45) is 3.93. The second-order valence-electron chi connectivity index (χ2n) is 1.86. The van der Waals surface area contributed by atoms with Crippen LogP contribution in [0.4, 0.5) is 0 Å². The lowest BCUT2D eigenvalue weighted by Crippen LogP contribution is -1.91. The summed E-state index contributed by atoms with van der Waals surface area (Å²) in [4.78, 5) is 5.36. The van der Waals surface area contributed by atoms with E-state index in [1.54, 1.807) is 23.1 Å². The molecule has 0 aliphatic rings. The first-order chi connectivity index (χ1) is 4.86. The van der Waals surface area contributed by atoms with Gasteiger partial charge in [0.1, 0.15) is 5.01 Å². The Balaban J connectivity index is 2.59. The number of nitrogens with two attached hydrogens (primary N) is 1. The molecule has 0 atom stereocenters. The van der Waals surface area contributed by atoms with Gasteiger partial charge in [-0.1, -0.05) is 0 Å². The Kier molecular flexibility index (Phi) is 3.18. The van der Waals surface area contributed by atoms with Gasteiger partial charge in [0, 0.05) is 23.4 Å². The molecule has 2 N–H and O–H groups in total. The van der Waals surface area contributed by atoms with E-state index >= 15 is 0 Å². The van der Waals surface area contributed by atoms with Crippen LogP contribution in [0.2, 0.25) is 0 Å². The molecule has 0 aliphatic carbocycles. The van der Waals surface area contributed by atoms with Crippen LogP contribution < -0.4 is 5.73 Å². The normalized spacial score (nSPS) is 10.2. The van der Waals surface area contributed by atoms with Crippen LogP contribution in [0.15, 0.2) is 6.20 Å². The second-order valence-corrected chi connectivity index (χ2v) is 3.92. The molecular formula is C6H10N2S2. The van der Waals surface area contributed by atoms with Crippen LogP contribution in [0.5, 0.6) is 0 Å². The monoisotopic (exact) mass is 174 g/mol. The lowest BCUT2D eigenvalue weighted by molar-refractivity contribution is 1.09. The Morgan fingerprint density at radius 3 is 3.10 bits per heavy atom. The number of rotatable bonds is 3. The average Bonchev–Trinajstić information content (AvgIpc) is 2.37. The van der Waals surface area contributed by atoms with Crippen molar-refractivity contribution in [3.05, 3.63) is 16.1 Å². The van der Waals surface area contributed by atoms with Gasteiger partial charge in [0.2, 0.25) is 0 Å². The largest absolute Gasteiger partial charge is 0.326 e. The van der Waals surface area contributed by atoms with Crippen LogP contribution in [0.3, 0.4) is 0 Å². The molecule has 0 bridgehead atoms. The summed E-state index contributed by atoms with van der Waals surface area (Å²) in [6, 6.07) is 0. The number of thioether (sulfide) groups is 1. The molecule has 56 valence electrons. The molecular weight excluding hydrogens is 164 g/mol. The van der Waals surface area contributed by atoms with Gasteiger partial charge in [0.25, 0.3) is 0 Å². The van der Waals surface area contributed by atoms with Crippen molar-refractivity contribution in [3.8, 4) is 0 Å². The Morgan fingerprint density at radius 2 is 2.60 bits per heavy atom. The molecule has 0 amide bonds. The highest BCUT2D eigenvalue weighted by Gasteiger charge is 1.97. The van der Waals surface area contributed by atoms with Crippen molar-refractivity contribution in [3.63, 3.8) is 0 Å². The Morgan fingerprint density at radius 1 is 1.80 bits per heavy atom. The molecule has 0 aromatic carbocycles. The maximum Gasteiger partial charge on any atom is 0.103 e. The first-order valence-corrected chi connectivity index (χ1v) is 5.20. The number of hydrogen-bond acceptors (Lipinski definition) is 4. The predicted octanol–water partition coefficient (Wildman–Crippen LogP) is 1.46. The molecule has 0 saturated heterocycles. The predicted molar refractivity (Wildman–Crippen MR) is 47.2 cm³/mol. The van der Waals surface area contributed by atoms with Gasteiger partial charge in [-0.3, -0.25) is 0 Å². The van der Waals surface area contributed by atoms with E-state index in [4.69, 9.17) is 5.73 Å². The van der Waals surface area contributed by atoms with Crippen molar-refractivity contribution in [2.45, 2.75) is 12.3 Å². The topological polar surface area (TPSA) is 38.9 Å². The zero-order chi connectivity index (χ0) is 7.40. The van der Waals surface area contributed by atoms with E-state index in [9.17, 15) is 0 Å². The third-order valence-electron chi connectivity index (χ3n) is 1.07. The van der Waals surface area contributed by atoms with Crippen LogP contribution in [0.1, 0.15) is 9.88 Å². The fourth-order valence-electron chi connectivity index (χ4n) is 0.633. The molecule has 1 heterocycles. The number of nitrogens with zero attached hydrogens (tertiary/aromatic N) is 1. The molecule has 1 aromatic heterocycles. The third-order valence-corrected chi connectivity index (χ3v) is 2.83. The van der Waals surface area contributed by atoms with Gasteiger partial charge in [0.05, 0.1) is 0 Å². The summed E-state index contributed by atoms with van der Waals surface area (Å²) in [7, 11) is 0. The standard InChI is InChI=1S/C6H10N2S2/c1-9-4-6-8-3-5(2-7)10-6/h3H,2,4,7H2,1H3. The van der Waals surface area contributed by atoms with Crippen molar-refractivity contribution in [1.29, 1.82) is 0 Å². The smallest absolute Gasteiger partial charge is 0.103 e. The molecule has 0 saturated carbocycles. The second kappa shape index (κ2) is 3.95. The minimum Gasteiger partial charge on any atom is -0.326 e. The Labute approximate surface area is 68.8 Å². The SMILES string of the molecule is CSCc1ncc(CN)s1. The van der Waals surface area contributed by atoms with Crippen LogP contribution in [0.25, 0.3) is 0 Å². The minimum absolute atomic E-state index is 0.617. The molecule has 1 aromatic rings. The molecule has 0 fully saturated rings. The number of hydrogen-bond donors (Lipinski definition) is 1. The quantitative estimate of drug-likeness (QED) is 0.754. The molecule has 10 heavy (non-hydrogen) atoms. The van der Waals surface area contributed by atoms with Crippen molar-refractivity contribution in [2.75, 3.05) is 6.26 Å². The lowest BCUT2D eigenvalue weighted by atomic mass is 10.6. The summed E-state index contributed by atoms with van der Waals surface area (Å²) >= 11 is 3.49. The summed E-state index contributed by atoms with van der Waals surface area (Å²) in [5.74, 6) is 1.00. The minimum atomic E-state index is 0.617. The number of thiazole rings is 1. The van der Waals surface area contributed by atoms with E-state index in [-0.39, 0.29) is 0 Å². The first-order valence-electron chi connectivity index (χ1n) is 2.99. The fourth-order valence-corrected chi connectivity index (χ4v) is 2.14. The molecule has 0 spiro atoms. The van der Waals surface area contributed by atoms with E-state index in [0.717, 1.165) is 5.75 Å². The van der Waals surface area contributed by atoms with Crippen molar-refractivity contribution in [2.24, 2.45) is 5.73 Å². The van der Waals surface area contributed by atoms with Gasteiger partial charge in [-0.25, -0.2) is 4.98 Å². The Hall–Kier alpha value is -0.0600. The molecule has 1 rings (SSSR count). The highest BCUT2D eigenvalue weighted by molar-refractivity contribution is 7.97. The number of aromatic nitrogens is 1. The maximum atomic E-state index is 5.42. The van der Waals surface area contributed by atoms with Crippen molar-refractivity contribution >= 4 is 23.1 Å². The molecule has 0 aliphatic heterocycles. The van der Waals surface area contributed by atoms with Crippen molar-refractivity contribution in [1.82, 2.24) is 4.98 Å². The van der Waals surface area contributed by atoms with Gasteiger partial charge >= 0.3 is 0 Å². The average molecular weight is 174 g/mol. The van der Waals surface area contributed by atoms with E-state index in [1.807, 2.05) is 6.20 Å². The van der Waals surface area contributed by atoms with Gasteiger partial charge in [-0.15, -0.1) is 11.3 Å². The third kappa shape index (κ3) is 1.97. The van der Waals surface area contributed by atoms with E-state index in [0.29, 0.717) is 6.54 Å². The van der Waals surface area contributed by atoms with Crippen LogP contribution in [0, 0.1) is 0 Å². The summed E-state index contributed by atoms with van der Waals surface area (Å²) in [5.41, 5.74) is 5.42. The van der Waals surface area contributed by atoms with Gasteiger partial charge in [-0.2, -0.15) is 11.8 Å². The summed E-state index contributed by atoms with van der Waals surface area (Å²) in [5, 5.41) is 1.17. The van der Waals surface area contributed by atoms with Crippen LogP contribution >= 0.6 is 23.1 Å². The zero-order valence-electron chi connectivity index (χ0n) is 5.83. The zero-order valence-corrected chi connectivity index (χ0v) is 7.47. The molecule has 2 nitrogen and oxygen atoms in total. The first kappa shape index (κ1) is 8.04. The summed E-state index contributed by atoms with van der Waals surface area (Å²) in [6.45, 7) is 0.617. The lowest BCUT2D eigenvalue weighted by Gasteiger charge is -1.86. The Bertz CT molecular complexity index is 197. The van der Waals surface area contributed by atoms with Gasteiger partial charge in [-0.05, 0) is 6.26 Å². The van der Waals surface area contributed by atoms with Gasteiger partial charge < -0.3 is 5.73 Å². The van der Waals surface area contributed by atoms with Crippen molar-refractivity contribution < 1.29 is 0 Å². The highest BCUT2D eigenvalue weighted by atomic mass is 32.2. The highest BCUT2D eigenvalue weighted by Crippen LogP contribution is 2.16. The molecule has 0 unspecified atom stereocenters. The van der Waals surface area contributed by atoms with Gasteiger partial charge in [0.15, 0.2) is 0 Å². The van der Waals surface area contributed by atoms with E-state index in [2.05, 4.69) is 11.2 Å². The van der Waals surface area contributed by atoms with Crippen LogP contribution in [-0.4, -0.2) is 11.2 Å². The molecule has 4 heteroatoms.